The summed E-state index contributed by atoms with van der Waals surface area (Å²) in [5, 5.41) is 7.13. The first kappa shape index (κ1) is 22.6. The van der Waals surface area contributed by atoms with Gasteiger partial charge in [-0.25, -0.2) is 0 Å². The fourth-order valence-electron chi connectivity index (χ4n) is 4.03. The lowest BCUT2D eigenvalue weighted by Gasteiger charge is -2.32. The summed E-state index contributed by atoms with van der Waals surface area (Å²) in [6.07, 6.45) is 2.21. The minimum atomic E-state index is -1.22. The molecular formula is C21H31BN4O4. The van der Waals surface area contributed by atoms with Crippen LogP contribution in [0.2, 0.25) is 6.32 Å². The van der Waals surface area contributed by atoms with E-state index in [9.17, 15) is 4.79 Å². The average molecular weight is 414 g/mol. The van der Waals surface area contributed by atoms with E-state index in [2.05, 4.69) is 15.3 Å². The Morgan fingerprint density at radius 1 is 1.27 bits per heavy atom. The predicted octanol–water partition coefficient (Wildman–Crippen LogP) is 3.87. The van der Waals surface area contributed by atoms with Crippen molar-refractivity contribution in [2.45, 2.75) is 70.2 Å². The van der Waals surface area contributed by atoms with Crippen LogP contribution in [0, 0.1) is 5.92 Å². The van der Waals surface area contributed by atoms with Gasteiger partial charge in [-0.3, -0.25) is 4.79 Å². The molecule has 0 aliphatic carbocycles. The number of carbonyl (C=O) groups excluding carboxylic acids is 1. The number of hydrogen-bond donors (Lipinski definition) is 1. The summed E-state index contributed by atoms with van der Waals surface area (Å²) in [5.41, 5.74) is 8.09. The van der Waals surface area contributed by atoms with Crippen LogP contribution in [0.3, 0.4) is 0 Å². The summed E-state index contributed by atoms with van der Waals surface area (Å²) in [6, 6.07) is 9.47. The van der Waals surface area contributed by atoms with Crippen LogP contribution < -0.4 is 5.32 Å². The van der Waals surface area contributed by atoms with Crippen molar-refractivity contribution in [2.75, 3.05) is 13.1 Å². The second-order valence-electron chi connectivity index (χ2n) is 9.12. The number of rotatable bonds is 8. The first-order valence-electron chi connectivity index (χ1n) is 10.5. The lowest BCUT2D eigenvalue weighted by Crippen LogP contribution is -2.45. The molecule has 0 bridgehead atoms. The molecule has 2 saturated heterocycles. The Hall–Kier alpha value is -2.06. The maximum atomic E-state index is 13.0. The Bertz CT molecular complexity index is 781. The standard InChI is InChI=1S/C21H31BN4O4/c1-19(2)20(3,4)30-22(29-19)12-8-11-17-13-24-15-21(17,25-26-23)18(27)28-14-16-9-6-5-7-10-16/h5-7,9-10,17,24H,8,11-15H2,1-4H3/t17-,21-/m0/s1. The highest BCUT2D eigenvalue weighted by Crippen LogP contribution is 2.39. The summed E-state index contributed by atoms with van der Waals surface area (Å²) in [5.74, 6) is -0.617. The highest BCUT2D eigenvalue weighted by atomic mass is 16.7. The van der Waals surface area contributed by atoms with Crippen molar-refractivity contribution < 1.29 is 18.8 Å². The molecule has 0 spiro atoms. The molecular weight excluding hydrogens is 383 g/mol. The van der Waals surface area contributed by atoms with Gasteiger partial charge in [0, 0.05) is 11.5 Å². The van der Waals surface area contributed by atoms with E-state index in [4.69, 9.17) is 19.6 Å². The van der Waals surface area contributed by atoms with Crippen LogP contribution in [-0.2, 0) is 25.4 Å². The number of benzene rings is 1. The number of azide groups is 1. The maximum absolute atomic E-state index is 13.0. The van der Waals surface area contributed by atoms with Gasteiger partial charge in [0.2, 0.25) is 0 Å². The number of hydrogen-bond acceptors (Lipinski definition) is 6. The van der Waals surface area contributed by atoms with Crippen LogP contribution in [-0.4, -0.2) is 42.9 Å². The quantitative estimate of drug-likeness (QED) is 0.229. The van der Waals surface area contributed by atoms with E-state index in [0.717, 1.165) is 18.3 Å². The second-order valence-corrected chi connectivity index (χ2v) is 9.12. The van der Waals surface area contributed by atoms with Crippen molar-refractivity contribution in [3.8, 4) is 0 Å². The molecule has 0 unspecified atom stereocenters. The smallest absolute Gasteiger partial charge is 0.457 e. The highest BCUT2D eigenvalue weighted by molar-refractivity contribution is 6.45. The minimum Gasteiger partial charge on any atom is -0.460 e. The van der Waals surface area contributed by atoms with Gasteiger partial charge in [0.1, 0.15) is 6.61 Å². The maximum Gasteiger partial charge on any atom is 0.457 e. The second kappa shape index (κ2) is 8.98. The van der Waals surface area contributed by atoms with E-state index < -0.39 is 11.5 Å². The first-order chi connectivity index (χ1) is 14.2. The molecule has 162 valence electrons. The molecule has 1 aromatic carbocycles. The summed E-state index contributed by atoms with van der Waals surface area (Å²) >= 11 is 0. The number of nitrogens with one attached hydrogen (secondary N) is 1. The Balaban J connectivity index is 1.59. The number of nitrogens with zero attached hydrogens (tertiary/aromatic N) is 3. The molecule has 3 rings (SSSR count). The predicted molar refractivity (Wildman–Crippen MR) is 115 cm³/mol. The van der Waals surface area contributed by atoms with Gasteiger partial charge in [-0.2, -0.15) is 0 Å². The lowest BCUT2D eigenvalue weighted by atomic mass is 9.78. The Labute approximate surface area is 178 Å². The van der Waals surface area contributed by atoms with Crippen LogP contribution in [0.25, 0.3) is 10.4 Å². The summed E-state index contributed by atoms with van der Waals surface area (Å²) in [7, 11) is -0.275. The van der Waals surface area contributed by atoms with Gasteiger partial charge in [-0.15, -0.1) is 0 Å². The molecule has 1 N–H and O–H groups in total. The monoisotopic (exact) mass is 414 g/mol. The highest BCUT2D eigenvalue weighted by Gasteiger charge is 2.52. The van der Waals surface area contributed by atoms with E-state index in [0.29, 0.717) is 13.0 Å². The number of ether oxygens (including phenoxy) is 1. The third-order valence-corrected chi connectivity index (χ3v) is 6.54. The van der Waals surface area contributed by atoms with Crippen LogP contribution in [0.4, 0.5) is 0 Å². The van der Waals surface area contributed by atoms with Gasteiger partial charge in [-0.1, -0.05) is 41.9 Å². The van der Waals surface area contributed by atoms with Crippen LogP contribution in [0.15, 0.2) is 35.4 Å². The molecule has 2 fully saturated rings. The third kappa shape index (κ3) is 4.65. The number of esters is 1. The zero-order valence-electron chi connectivity index (χ0n) is 18.3. The van der Waals surface area contributed by atoms with Crippen molar-refractivity contribution in [3.63, 3.8) is 0 Å². The fraction of sp³-hybridized carbons (Fsp3) is 0.667. The molecule has 0 aromatic heterocycles. The summed E-state index contributed by atoms with van der Waals surface area (Å²) in [6.45, 7) is 9.16. The van der Waals surface area contributed by atoms with Crippen molar-refractivity contribution in [1.82, 2.24) is 5.32 Å². The van der Waals surface area contributed by atoms with Crippen LogP contribution >= 0.6 is 0 Å². The molecule has 2 aliphatic heterocycles. The van der Waals surface area contributed by atoms with E-state index in [1.807, 2.05) is 58.0 Å². The van der Waals surface area contributed by atoms with Gasteiger partial charge >= 0.3 is 13.1 Å². The van der Waals surface area contributed by atoms with Crippen molar-refractivity contribution in [3.05, 3.63) is 46.3 Å². The fourth-order valence-corrected chi connectivity index (χ4v) is 4.03. The molecule has 30 heavy (non-hydrogen) atoms. The summed E-state index contributed by atoms with van der Waals surface area (Å²) < 4.78 is 17.6. The first-order valence-corrected chi connectivity index (χ1v) is 10.5. The van der Waals surface area contributed by atoms with Crippen molar-refractivity contribution in [1.29, 1.82) is 0 Å². The molecule has 1 aromatic rings. The topological polar surface area (TPSA) is 106 Å². The van der Waals surface area contributed by atoms with E-state index in [1.54, 1.807) is 0 Å². The number of carbonyl (C=O) groups is 1. The van der Waals surface area contributed by atoms with Gasteiger partial charge < -0.3 is 19.4 Å². The SMILES string of the molecule is CC1(C)OB(CCC[C@H]2CNC[C@@]2(N=[N+]=[N-])C(=O)OCc2ccccc2)OC1(C)C. The largest absolute Gasteiger partial charge is 0.460 e. The molecule has 0 radical (unpaired) electrons. The molecule has 0 amide bonds. The zero-order chi connectivity index (χ0) is 21.8. The molecule has 2 aliphatic rings. The summed E-state index contributed by atoms with van der Waals surface area (Å²) in [4.78, 5) is 15.9. The van der Waals surface area contributed by atoms with Crippen LogP contribution in [0.5, 0.6) is 0 Å². The van der Waals surface area contributed by atoms with Crippen LogP contribution in [0.1, 0.15) is 46.1 Å². The Morgan fingerprint density at radius 2 is 1.93 bits per heavy atom. The van der Waals surface area contributed by atoms with Gasteiger partial charge in [0.25, 0.3) is 0 Å². The zero-order valence-corrected chi connectivity index (χ0v) is 18.3. The molecule has 2 heterocycles. The molecule has 8 nitrogen and oxygen atoms in total. The normalized spacial score (nSPS) is 26.9. The van der Waals surface area contributed by atoms with E-state index in [1.165, 1.54) is 0 Å². The van der Waals surface area contributed by atoms with E-state index in [-0.39, 0.29) is 37.4 Å². The average Bonchev–Trinajstić information content (AvgIpc) is 3.18. The van der Waals surface area contributed by atoms with Gasteiger partial charge in [0.15, 0.2) is 5.54 Å². The van der Waals surface area contributed by atoms with E-state index >= 15 is 0 Å². The molecule has 9 heteroatoms. The Morgan fingerprint density at radius 3 is 2.57 bits per heavy atom. The lowest BCUT2D eigenvalue weighted by molar-refractivity contribution is -0.152. The third-order valence-electron chi connectivity index (χ3n) is 6.54. The molecule has 0 saturated carbocycles. The molecule has 2 atom stereocenters. The van der Waals surface area contributed by atoms with Crippen molar-refractivity contribution in [2.24, 2.45) is 11.0 Å². The van der Waals surface area contributed by atoms with Crippen molar-refractivity contribution >= 4 is 13.1 Å². The van der Waals surface area contributed by atoms with Gasteiger partial charge in [-0.05, 0) is 64.0 Å². The van der Waals surface area contributed by atoms with Gasteiger partial charge in [0.05, 0.1) is 11.2 Å². The minimum absolute atomic E-state index is 0.140. The Kier molecular flexibility index (Phi) is 6.77.